The molecular formula is C18H22FNO. The molecular weight excluding hydrogens is 265 g/mol. The van der Waals surface area contributed by atoms with Gasteiger partial charge in [0.05, 0.1) is 6.10 Å². The zero-order valence-electron chi connectivity index (χ0n) is 12.8. The van der Waals surface area contributed by atoms with Gasteiger partial charge < -0.3 is 10.1 Å². The zero-order valence-corrected chi connectivity index (χ0v) is 12.8. The Morgan fingerprint density at radius 1 is 1.05 bits per heavy atom. The second-order valence-corrected chi connectivity index (χ2v) is 5.47. The van der Waals surface area contributed by atoms with Crippen molar-refractivity contribution in [3.8, 4) is 5.75 Å². The summed E-state index contributed by atoms with van der Waals surface area (Å²) in [6.07, 6.45) is 0.169. The summed E-state index contributed by atoms with van der Waals surface area (Å²) in [5.41, 5.74) is 2.24. The molecule has 21 heavy (non-hydrogen) atoms. The van der Waals surface area contributed by atoms with E-state index in [1.165, 1.54) is 17.7 Å². The van der Waals surface area contributed by atoms with Gasteiger partial charge in [-0.3, -0.25) is 0 Å². The topological polar surface area (TPSA) is 21.3 Å². The van der Waals surface area contributed by atoms with Crippen LogP contribution in [0.4, 0.5) is 4.39 Å². The van der Waals surface area contributed by atoms with Crippen LogP contribution in [0.3, 0.4) is 0 Å². The van der Waals surface area contributed by atoms with E-state index in [2.05, 4.69) is 24.4 Å². The fourth-order valence-electron chi connectivity index (χ4n) is 2.12. The van der Waals surface area contributed by atoms with Gasteiger partial charge in [0.2, 0.25) is 0 Å². The molecule has 2 rings (SSSR count). The maximum absolute atomic E-state index is 12.9. The minimum Gasteiger partial charge on any atom is -0.491 e. The van der Waals surface area contributed by atoms with E-state index in [4.69, 9.17) is 4.74 Å². The predicted octanol–water partition coefficient (Wildman–Crippen LogP) is 4.46. The molecule has 2 aromatic carbocycles. The van der Waals surface area contributed by atoms with Gasteiger partial charge in [-0.05, 0) is 56.2 Å². The van der Waals surface area contributed by atoms with Crippen molar-refractivity contribution < 1.29 is 9.13 Å². The fraction of sp³-hybridized carbons (Fsp3) is 0.333. The number of hydrogen-bond donors (Lipinski definition) is 1. The first-order valence-corrected chi connectivity index (χ1v) is 7.29. The van der Waals surface area contributed by atoms with Crippen LogP contribution in [0.1, 0.15) is 37.9 Å². The van der Waals surface area contributed by atoms with Gasteiger partial charge in [0.15, 0.2) is 0 Å². The molecule has 0 saturated heterocycles. The zero-order chi connectivity index (χ0) is 15.2. The summed E-state index contributed by atoms with van der Waals surface area (Å²) in [4.78, 5) is 0. The van der Waals surface area contributed by atoms with Crippen molar-refractivity contribution in [2.24, 2.45) is 0 Å². The van der Waals surface area contributed by atoms with E-state index in [0.29, 0.717) is 6.54 Å². The van der Waals surface area contributed by atoms with Gasteiger partial charge in [-0.2, -0.15) is 0 Å². The second kappa shape index (κ2) is 7.23. The van der Waals surface area contributed by atoms with Gasteiger partial charge >= 0.3 is 0 Å². The van der Waals surface area contributed by atoms with Crippen LogP contribution in [0.2, 0.25) is 0 Å². The smallest absolute Gasteiger partial charge is 0.123 e. The lowest BCUT2D eigenvalue weighted by atomic mass is 10.1. The summed E-state index contributed by atoms with van der Waals surface area (Å²) in [6.45, 7) is 6.85. The monoisotopic (exact) mass is 287 g/mol. The largest absolute Gasteiger partial charge is 0.491 e. The molecule has 0 aliphatic carbocycles. The Morgan fingerprint density at radius 2 is 1.76 bits per heavy atom. The lowest BCUT2D eigenvalue weighted by molar-refractivity contribution is 0.242. The van der Waals surface area contributed by atoms with Crippen LogP contribution >= 0.6 is 0 Å². The third kappa shape index (κ3) is 4.87. The van der Waals surface area contributed by atoms with Crippen molar-refractivity contribution in [3.63, 3.8) is 0 Å². The normalized spacial score (nSPS) is 12.4. The molecule has 1 atom stereocenters. The van der Waals surface area contributed by atoms with E-state index < -0.39 is 0 Å². The summed E-state index contributed by atoms with van der Waals surface area (Å²) < 4.78 is 18.6. The molecule has 0 aliphatic heterocycles. The summed E-state index contributed by atoms with van der Waals surface area (Å²) in [5, 5.41) is 3.44. The molecule has 2 aromatic rings. The van der Waals surface area contributed by atoms with Crippen molar-refractivity contribution in [2.75, 3.05) is 0 Å². The quantitative estimate of drug-likeness (QED) is 0.846. The lowest BCUT2D eigenvalue weighted by Gasteiger charge is -2.16. The predicted molar refractivity (Wildman–Crippen MR) is 83.9 cm³/mol. The molecule has 1 N–H and O–H groups in total. The van der Waals surface area contributed by atoms with E-state index in [1.54, 1.807) is 12.1 Å². The summed E-state index contributed by atoms with van der Waals surface area (Å²) in [7, 11) is 0. The average Bonchev–Trinajstić information content (AvgIpc) is 2.46. The van der Waals surface area contributed by atoms with Crippen molar-refractivity contribution in [3.05, 3.63) is 65.5 Å². The number of rotatable bonds is 6. The molecule has 0 saturated carbocycles. The SMILES string of the molecule is CC(C)Oc1cccc(C(C)NCc2ccc(F)cc2)c1. The second-order valence-electron chi connectivity index (χ2n) is 5.47. The van der Waals surface area contributed by atoms with Crippen LogP contribution in [0.15, 0.2) is 48.5 Å². The van der Waals surface area contributed by atoms with Crippen LogP contribution in [-0.4, -0.2) is 6.10 Å². The van der Waals surface area contributed by atoms with E-state index in [1.807, 2.05) is 26.0 Å². The molecule has 2 nitrogen and oxygen atoms in total. The molecule has 0 aromatic heterocycles. The van der Waals surface area contributed by atoms with E-state index in [-0.39, 0.29) is 18.0 Å². The number of ether oxygens (including phenoxy) is 1. The van der Waals surface area contributed by atoms with Crippen LogP contribution in [0, 0.1) is 5.82 Å². The minimum absolute atomic E-state index is 0.169. The summed E-state index contributed by atoms with van der Waals surface area (Å²) >= 11 is 0. The highest BCUT2D eigenvalue weighted by molar-refractivity contribution is 5.30. The Kier molecular flexibility index (Phi) is 5.34. The van der Waals surface area contributed by atoms with Crippen molar-refractivity contribution >= 4 is 0 Å². The molecule has 112 valence electrons. The fourth-order valence-corrected chi connectivity index (χ4v) is 2.12. The summed E-state index contributed by atoms with van der Waals surface area (Å²) in [5.74, 6) is 0.684. The maximum atomic E-state index is 12.9. The molecule has 0 spiro atoms. The molecule has 0 radical (unpaired) electrons. The molecule has 0 amide bonds. The first-order valence-electron chi connectivity index (χ1n) is 7.29. The molecule has 0 fully saturated rings. The van der Waals surface area contributed by atoms with Crippen LogP contribution in [0.5, 0.6) is 5.75 Å². The third-order valence-corrected chi connectivity index (χ3v) is 3.26. The lowest BCUT2D eigenvalue weighted by Crippen LogP contribution is -2.18. The Bertz CT molecular complexity index is 566. The number of nitrogens with one attached hydrogen (secondary N) is 1. The minimum atomic E-state index is -0.203. The third-order valence-electron chi connectivity index (χ3n) is 3.26. The van der Waals surface area contributed by atoms with Crippen LogP contribution in [-0.2, 0) is 6.54 Å². The highest BCUT2D eigenvalue weighted by atomic mass is 19.1. The molecule has 1 unspecified atom stereocenters. The summed E-state index contributed by atoms with van der Waals surface area (Å²) in [6, 6.07) is 14.9. The number of halogens is 1. The first kappa shape index (κ1) is 15.5. The van der Waals surface area contributed by atoms with E-state index in [0.717, 1.165) is 11.3 Å². The van der Waals surface area contributed by atoms with Gasteiger partial charge in [0, 0.05) is 12.6 Å². The standard InChI is InChI=1S/C18H22FNO/c1-13(2)21-18-6-4-5-16(11-18)14(3)20-12-15-7-9-17(19)10-8-15/h4-11,13-14,20H,12H2,1-3H3. The highest BCUT2D eigenvalue weighted by Gasteiger charge is 2.07. The average molecular weight is 287 g/mol. The van der Waals surface area contributed by atoms with Crippen molar-refractivity contribution in [1.82, 2.24) is 5.32 Å². The molecule has 0 bridgehead atoms. The molecule has 0 aliphatic rings. The van der Waals surface area contributed by atoms with Gasteiger partial charge in [-0.25, -0.2) is 4.39 Å². The number of benzene rings is 2. The van der Waals surface area contributed by atoms with Gasteiger partial charge in [0.25, 0.3) is 0 Å². The Balaban J connectivity index is 1.96. The van der Waals surface area contributed by atoms with Gasteiger partial charge in [-0.1, -0.05) is 24.3 Å². The number of hydrogen-bond acceptors (Lipinski definition) is 2. The van der Waals surface area contributed by atoms with Crippen LogP contribution in [0.25, 0.3) is 0 Å². The van der Waals surface area contributed by atoms with Gasteiger partial charge in [-0.15, -0.1) is 0 Å². The van der Waals surface area contributed by atoms with E-state index in [9.17, 15) is 4.39 Å². The van der Waals surface area contributed by atoms with Crippen molar-refractivity contribution in [1.29, 1.82) is 0 Å². The van der Waals surface area contributed by atoms with E-state index >= 15 is 0 Å². The Hall–Kier alpha value is -1.87. The first-order chi connectivity index (χ1) is 10.0. The Morgan fingerprint density at radius 3 is 2.43 bits per heavy atom. The van der Waals surface area contributed by atoms with Crippen LogP contribution < -0.4 is 10.1 Å². The maximum Gasteiger partial charge on any atom is 0.123 e. The molecule has 0 heterocycles. The highest BCUT2D eigenvalue weighted by Crippen LogP contribution is 2.20. The van der Waals surface area contributed by atoms with Crippen molar-refractivity contribution in [2.45, 2.75) is 39.5 Å². The Labute approximate surface area is 126 Å². The molecule has 3 heteroatoms. The van der Waals surface area contributed by atoms with Gasteiger partial charge in [0.1, 0.15) is 11.6 Å².